The molecule has 20 heavy (non-hydrogen) atoms. The van der Waals surface area contributed by atoms with Gasteiger partial charge in [0.15, 0.2) is 0 Å². The van der Waals surface area contributed by atoms with Crippen LogP contribution in [0.2, 0.25) is 0 Å². The molecule has 0 atom stereocenters. The standard InChI is InChI=1S/C11H15FN2O4S2/c1-8-6-9(12)10(14(15)16)7-11(8)20(17,18)13-4-3-5-19-2/h6-7,13H,3-5H2,1-2H3. The van der Waals surface area contributed by atoms with E-state index in [4.69, 9.17) is 0 Å². The summed E-state index contributed by atoms with van der Waals surface area (Å²) in [4.78, 5) is 9.45. The summed E-state index contributed by atoms with van der Waals surface area (Å²) in [6, 6.07) is 1.61. The normalized spacial score (nSPS) is 11.6. The van der Waals surface area contributed by atoms with Crippen molar-refractivity contribution in [2.45, 2.75) is 18.2 Å². The fourth-order valence-electron chi connectivity index (χ4n) is 1.57. The molecule has 1 aromatic rings. The number of nitrogens with zero attached hydrogens (tertiary/aromatic N) is 1. The summed E-state index contributed by atoms with van der Waals surface area (Å²) < 4.78 is 39.8. The summed E-state index contributed by atoms with van der Waals surface area (Å²) in [5.41, 5.74) is -0.717. The number of nitro benzene ring substituents is 1. The second kappa shape index (κ2) is 7.00. The van der Waals surface area contributed by atoms with Crippen LogP contribution in [0.3, 0.4) is 0 Å². The first kappa shape index (κ1) is 16.9. The minimum Gasteiger partial charge on any atom is -0.258 e. The van der Waals surface area contributed by atoms with Crippen LogP contribution in [0.1, 0.15) is 12.0 Å². The lowest BCUT2D eigenvalue weighted by molar-refractivity contribution is -0.387. The molecule has 1 rings (SSSR count). The van der Waals surface area contributed by atoms with Crippen molar-refractivity contribution in [1.29, 1.82) is 0 Å². The number of nitrogens with one attached hydrogen (secondary N) is 1. The number of benzene rings is 1. The predicted molar refractivity (Wildman–Crippen MR) is 76.0 cm³/mol. The molecule has 6 nitrogen and oxygen atoms in total. The van der Waals surface area contributed by atoms with Crippen LogP contribution in [-0.4, -0.2) is 31.9 Å². The lowest BCUT2D eigenvalue weighted by Gasteiger charge is -2.09. The number of rotatable bonds is 7. The van der Waals surface area contributed by atoms with Crippen LogP contribution in [0.5, 0.6) is 0 Å². The third-order valence-electron chi connectivity index (χ3n) is 2.55. The van der Waals surface area contributed by atoms with Gasteiger partial charge in [-0.3, -0.25) is 10.1 Å². The van der Waals surface area contributed by atoms with Gasteiger partial charge in [0.2, 0.25) is 15.8 Å². The second-order valence-electron chi connectivity index (χ2n) is 4.07. The summed E-state index contributed by atoms with van der Waals surface area (Å²) in [6.07, 6.45) is 2.55. The number of thioether (sulfide) groups is 1. The number of hydrogen-bond donors (Lipinski definition) is 1. The summed E-state index contributed by atoms with van der Waals surface area (Å²) in [6.45, 7) is 1.62. The Bertz CT molecular complexity index is 605. The van der Waals surface area contributed by atoms with E-state index in [2.05, 4.69) is 4.72 Å². The highest BCUT2D eigenvalue weighted by Crippen LogP contribution is 2.25. The number of aryl methyl sites for hydroxylation is 1. The van der Waals surface area contributed by atoms with Gasteiger partial charge in [-0.25, -0.2) is 13.1 Å². The van der Waals surface area contributed by atoms with E-state index >= 15 is 0 Å². The molecular weight excluding hydrogens is 307 g/mol. The van der Waals surface area contributed by atoms with Gasteiger partial charge in [0.1, 0.15) is 0 Å². The summed E-state index contributed by atoms with van der Waals surface area (Å²) >= 11 is 1.59. The fraction of sp³-hybridized carbons (Fsp3) is 0.455. The zero-order valence-electron chi connectivity index (χ0n) is 11.1. The van der Waals surface area contributed by atoms with Crippen LogP contribution < -0.4 is 4.72 Å². The van der Waals surface area contributed by atoms with Gasteiger partial charge in [0, 0.05) is 12.6 Å². The van der Waals surface area contributed by atoms with Crippen LogP contribution in [0, 0.1) is 22.9 Å². The van der Waals surface area contributed by atoms with Gasteiger partial charge in [0.05, 0.1) is 9.82 Å². The van der Waals surface area contributed by atoms with E-state index in [0.29, 0.717) is 6.42 Å². The Morgan fingerprint density at radius 2 is 2.10 bits per heavy atom. The summed E-state index contributed by atoms with van der Waals surface area (Å²) in [5.74, 6) is -0.251. The lowest BCUT2D eigenvalue weighted by Crippen LogP contribution is -2.26. The molecule has 0 aromatic heterocycles. The van der Waals surface area contributed by atoms with Crippen molar-refractivity contribution in [3.63, 3.8) is 0 Å². The van der Waals surface area contributed by atoms with Gasteiger partial charge < -0.3 is 0 Å². The maximum atomic E-state index is 13.4. The Kier molecular flexibility index (Phi) is 5.90. The summed E-state index contributed by atoms with van der Waals surface area (Å²) in [5, 5.41) is 10.7. The van der Waals surface area contributed by atoms with Crippen molar-refractivity contribution in [1.82, 2.24) is 4.72 Å². The van der Waals surface area contributed by atoms with Crippen molar-refractivity contribution in [2.24, 2.45) is 0 Å². The molecule has 0 aliphatic heterocycles. The first-order chi connectivity index (χ1) is 9.29. The number of hydrogen-bond acceptors (Lipinski definition) is 5. The van der Waals surface area contributed by atoms with E-state index < -0.39 is 26.5 Å². The highest BCUT2D eigenvalue weighted by atomic mass is 32.2. The molecule has 0 unspecified atom stereocenters. The van der Waals surface area contributed by atoms with Crippen molar-refractivity contribution in [3.8, 4) is 0 Å². The first-order valence-corrected chi connectivity index (χ1v) is 8.60. The van der Waals surface area contributed by atoms with Crippen LogP contribution in [-0.2, 0) is 10.0 Å². The average molecular weight is 322 g/mol. The predicted octanol–water partition coefficient (Wildman–Crippen LogP) is 2.07. The molecule has 1 aromatic carbocycles. The molecule has 0 spiro atoms. The molecule has 0 amide bonds. The largest absolute Gasteiger partial charge is 0.306 e. The zero-order chi connectivity index (χ0) is 15.3. The van der Waals surface area contributed by atoms with E-state index in [1.165, 1.54) is 6.92 Å². The zero-order valence-corrected chi connectivity index (χ0v) is 12.7. The molecule has 0 aliphatic carbocycles. The molecule has 9 heteroatoms. The van der Waals surface area contributed by atoms with E-state index in [1.807, 2.05) is 6.26 Å². The Labute approximate surface area is 121 Å². The second-order valence-corrected chi connectivity index (χ2v) is 6.79. The van der Waals surface area contributed by atoms with Crippen molar-refractivity contribution >= 4 is 27.5 Å². The fourth-order valence-corrected chi connectivity index (χ4v) is 3.32. The van der Waals surface area contributed by atoms with Gasteiger partial charge in [0.25, 0.3) is 0 Å². The van der Waals surface area contributed by atoms with E-state index in [1.54, 1.807) is 11.8 Å². The number of sulfonamides is 1. The van der Waals surface area contributed by atoms with Crippen molar-refractivity contribution in [2.75, 3.05) is 18.6 Å². The van der Waals surface area contributed by atoms with E-state index in [0.717, 1.165) is 17.9 Å². The minimum absolute atomic E-state index is 0.130. The first-order valence-electron chi connectivity index (χ1n) is 5.72. The number of halogens is 1. The average Bonchev–Trinajstić information content (AvgIpc) is 2.33. The third-order valence-corrected chi connectivity index (χ3v) is 4.85. The Balaban J connectivity index is 3.05. The van der Waals surface area contributed by atoms with Crippen LogP contribution in [0.4, 0.5) is 10.1 Å². The molecule has 0 saturated heterocycles. The van der Waals surface area contributed by atoms with E-state index in [-0.39, 0.29) is 17.0 Å². The van der Waals surface area contributed by atoms with Gasteiger partial charge >= 0.3 is 5.69 Å². The van der Waals surface area contributed by atoms with Gasteiger partial charge in [-0.15, -0.1) is 0 Å². The molecule has 0 heterocycles. The molecule has 0 bridgehead atoms. The molecule has 0 fully saturated rings. The molecule has 0 saturated carbocycles. The SMILES string of the molecule is CSCCCNS(=O)(=O)c1cc([N+](=O)[O-])c(F)cc1C. The highest BCUT2D eigenvalue weighted by Gasteiger charge is 2.23. The Morgan fingerprint density at radius 3 is 2.65 bits per heavy atom. The molecule has 0 radical (unpaired) electrons. The molecule has 1 N–H and O–H groups in total. The maximum Gasteiger partial charge on any atom is 0.306 e. The topological polar surface area (TPSA) is 89.3 Å². The number of nitro groups is 1. The van der Waals surface area contributed by atoms with Gasteiger partial charge in [-0.05, 0) is 37.0 Å². The maximum absolute atomic E-state index is 13.4. The Hall–Kier alpha value is -1.19. The highest BCUT2D eigenvalue weighted by molar-refractivity contribution is 7.98. The van der Waals surface area contributed by atoms with Crippen molar-refractivity contribution in [3.05, 3.63) is 33.6 Å². The van der Waals surface area contributed by atoms with Crippen LogP contribution >= 0.6 is 11.8 Å². The third kappa shape index (κ3) is 4.15. The van der Waals surface area contributed by atoms with Crippen molar-refractivity contribution < 1.29 is 17.7 Å². The minimum atomic E-state index is -3.87. The van der Waals surface area contributed by atoms with Gasteiger partial charge in [-0.1, -0.05) is 0 Å². The Morgan fingerprint density at radius 1 is 1.45 bits per heavy atom. The van der Waals surface area contributed by atoms with Crippen LogP contribution in [0.25, 0.3) is 0 Å². The molecule has 112 valence electrons. The monoisotopic (exact) mass is 322 g/mol. The lowest BCUT2D eigenvalue weighted by atomic mass is 10.2. The van der Waals surface area contributed by atoms with Gasteiger partial charge in [-0.2, -0.15) is 16.2 Å². The molecule has 0 aliphatic rings. The van der Waals surface area contributed by atoms with Crippen LogP contribution in [0.15, 0.2) is 17.0 Å². The van der Waals surface area contributed by atoms with E-state index in [9.17, 15) is 22.9 Å². The smallest absolute Gasteiger partial charge is 0.258 e. The summed E-state index contributed by atoms with van der Waals surface area (Å²) in [7, 11) is -3.87. The molecular formula is C11H15FN2O4S2. The quantitative estimate of drug-likeness (QED) is 0.471.